The van der Waals surface area contributed by atoms with Gasteiger partial charge in [0, 0.05) is 16.8 Å². The lowest BCUT2D eigenvalue weighted by atomic mass is 10.1. The van der Waals surface area contributed by atoms with Crippen molar-refractivity contribution in [2.24, 2.45) is 11.5 Å². The summed E-state index contributed by atoms with van der Waals surface area (Å²) in [5.41, 5.74) is 20.5. The van der Waals surface area contributed by atoms with E-state index in [0.717, 1.165) is 11.1 Å². The van der Waals surface area contributed by atoms with E-state index in [1.807, 2.05) is 30.4 Å². The average molecular weight is 375 g/mol. The Hall–Kier alpha value is -3.17. The molecule has 138 valence electrons. The lowest BCUT2D eigenvalue weighted by Crippen LogP contribution is -2.11. The van der Waals surface area contributed by atoms with Gasteiger partial charge in [0.15, 0.2) is 0 Å². The summed E-state index contributed by atoms with van der Waals surface area (Å²) in [5, 5.41) is 14.7. The van der Waals surface area contributed by atoms with E-state index in [-0.39, 0.29) is 11.7 Å². The molecule has 2 rings (SSSR count). The highest BCUT2D eigenvalue weighted by atomic mass is 32.2. The zero-order chi connectivity index (χ0) is 19.9. The number of anilines is 1. The summed E-state index contributed by atoms with van der Waals surface area (Å²) in [7, 11) is -3.67. The van der Waals surface area contributed by atoms with Gasteiger partial charge in [0.2, 0.25) is 0 Å². The van der Waals surface area contributed by atoms with Gasteiger partial charge in [0.25, 0.3) is 10.1 Å². The third-order valence-electron chi connectivity index (χ3n) is 3.07. The molecule has 0 bridgehead atoms. The Balaban J connectivity index is 0.000000597. The Morgan fingerprint density at radius 2 is 1.42 bits per heavy atom. The number of benzene rings is 2. The van der Waals surface area contributed by atoms with Crippen LogP contribution in [-0.2, 0) is 10.1 Å². The topological polar surface area (TPSA) is 180 Å². The molecular formula is C17H21N5O3S. The molecule has 9 N–H and O–H groups in total. The minimum absolute atomic E-state index is 0.00273. The second-order valence-corrected chi connectivity index (χ2v) is 6.83. The molecule has 26 heavy (non-hydrogen) atoms. The summed E-state index contributed by atoms with van der Waals surface area (Å²) in [5.74, 6) is 0.0478. The third-order valence-corrected chi connectivity index (χ3v) is 3.07. The van der Waals surface area contributed by atoms with E-state index in [2.05, 4.69) is 0 Å². The molecule has 0 amide bonds. The van der Waals surface area contributed by atoms with Crippen LogP contribution in [0.15, 0.2) is 42.5 Å². The SMILES string of the molecule is CS(=O)(=O)O.N=C(N)c1ccc(C=Cc2ccc(C(=N)N)cc2N)cc1. The molecule has 0 aliphatic carbocycles. The van der Waals surface area contributed by atoms with Crippen molar-refractivity contribution >= 4 is 39.6 Å². The van der Waals surface area contributed by atoms with Gasteiger partial charge in [0.05, 0.1) is 6.26 Å². The monoisotopic (exact) mass is 375 g/mol. The van der Waals surface area contributed by atoms with E-state index in [9.17, 15) is 8.42 Å². The highest BCUT2D eigenvalue weighted by Crippen LogP contribution is 2.17. The first kappa shape index (κ1) is 20.9. The van der Waals surface area contributed by atoms with E-state index >= 15 is 0 Å². The molecule has 0 radical (unpaired) electrons. The summed E-state index contributed by atoms with van der Waals surface area (Å²) in [6.45, 7) is 0. The summed E-state index contributed by atoms with van der Waals surface area (Å²) in [4.78, 5) is 0. The van der Waals surface area contributed by atoms with Crippen LogP contribution < -0.4 is 17.2 Å². The van der Waals surface area contributed by atoms with Gasteiger partial charge in [-0.25, -0.2) is 0 Å². The maximum atomic E-state index is 9.19. The summed E-state index contributed by atoms with van der Waals surface area (Å²) in [6.07, 6.45) is 4.53. The fourth-order valence-corrected chi connectivity index (χ4v) is 1.85. The van der Waals surface area contributed by atoms with Crippen LogP contribution in [0.2, 0.25) is 0 Å². The van der Waals surface area contributed by atoms with Crippen molar-refractivity contribution in [1.29, 1.82) is 10.8 Å². The van der Waals surface area contributed by atoms with Gasteiger partial charge >= 0.3 is 0 Å². The molecule has 0 saturated heterocycles. The number of nitrogen functional groups attached to an aromatic ring is 3. The van der Waals surface area contributed by atoms with Gasteiger partial charge in [0.1, 0.15) is 11.7 Å². The fourth-order valence-electron chi connectivity index (χ4n) is 1.85. The molecule has 9 heteroatoms. The molecular weight excluding hydrogens is 354 g/mol. The molecule has 0 saturated carbocycles. The van der Waals surface area contributed by atoms with Gasteiger partial charge < -0.3 is 17.2 Å². The number of rotatable bonds is 4. The Morgan fingerprint density at radius 3 is 1.85 bits per heavy atom. The third kappa shape index (κ3) is 7.60. The van der Waals surface area contributed by atoms with Crippen LogP contribution in [-0.4, -0.2) is 30.9 Å². The molecule has 0 atom stereocenters. The summed E-state index contributed by atoms with van der Waals surface area (Å²) in [6, 6.07) is 12.6. The van der Waals surface area contributed by atoms with E-state index in [1.54, 1.807) is 24.3 Å². The first-order valence-electron chi connectivity index (χ1n) is 7.26. The van der Waals surface area contributed by atoms with Crippen molar-refractivity contribution in [3.8, 4) is 0 Å². The highest BCUT2D eigenvalue weighted by Gasteiger charge is 2.00. The standard InChI is InChI=1S/C16H17N5.CH4O3S/c17-14-9-13(16(20)21)8-7-11(14)4-1-10-2-5-12(6-3-10)15(18)19;1-5(2,3)4/h1-9H,17H2,(H3,18,19)(H3,20,21);1H3,(H,2,3,4). The van der Waals surface area contributed by atoms with Gasteiger partial charge in [-0.05, 0) is 17.2 Å². The van der Waals surface area contributed by atoms with E-state index in [0.29, 0.717) is 23.1 Å². The van der Waals surface area contributed by atoms with Crippen LogP contribution in [0.5, 0.6) is 0 Å². The van der Waals surface area contributed by atoms with Crippen LogP contribution in [0.1, 0.15) is 22.3 Å². The van der Waals surface area contributed by atoms with Crippen molar-refractivity contribution in [2.75, 3.05) is 12.0 Å². The van der Waals surface area contributed by atoms with Crippen LogP contribution in [0.3, 0.4) is 0 Å². The van der Waals surface area contributed by atoms with E-state index < -0.39 is 10.1 Å². The molecule has 2 aromatic rings. The number of hydrogen-bond donors (Lipinski definition) is 6. The van der Waals surface area contributed by atoms with Crippen molar-refractivity contribution in [3.05, 3.63) is 64.7 Å². The van der Waals surface area contributed by atoms with Crippen LogP contribution in [0, 0.1) is 10.8 Å². The second-order valence-electron chi connectivity index (χ2n) is 5.36. The number of hydrogen-bond acceptors (Lipinski definition) is 5. The van der Waals surface area contributed by atoms with Crippen molar-refractivity contribution < 1.29 is 13.0 Å². The zero-order valence-electron chi connectivity index (χ0n) is 14.1. The normalized spacial score (nSPS) is 10.8. The Labute approximate surface area is 152 Å². The molecule has 0 aliphatic heterocycles. The van der Waals surface area contributed by atoms with E-state index in [1.165, 1.54) is 0 Å². The average Bonchev–Trinajstić information content (AvgIpc) is 2.52. The Kier molecular flexibility index (Phi) is 7.06. The predicted molar refractivity (Wildman–Crippen MR) is 106 cm³/mol. The summed E-state index contributed by atoms with van der Waals surface area (Å²) >= 11 is 0. The van der Waals surface area contributed by atoms with Crippen LogP contribution in [0.4, 0.5) is 5.69 Å². The molecule has 2 aromatic carbocycles. The van der Waals surface area contributed by atoms with Gasteiger partial charge in [-0.15, -0.1) is 0 Å². The number of nitrogens with one attached hydrogen (secondary N) is 2. The number of nitrogens with two attached hydrogens (primary N) is 3. The molecule has 0 fully saturated rings. The lowest BCUT2D eigenvalue weighted by Gasteiger charge is -2.04. The maximum Gasteiger partial charge on any atom is 0.261 e. The molecule has 0 heterocycles. The fraction of sp³-hybridized carbons (Fsp3) is 0.0588. The molecule has 0 aromatic heterocycles. The Bertz CT molecular complexity index is 927. The maximum absolute atomic E-state index is 9.19. The quantitative estimate of drug-likeness (QED) is 0.155. The molecule has 0 spiro atoms. The smallest absolute Gasteiger partial charge is 0.261 e. The largest absolute Gasteiger partial charge is 0.398 e. The minimum atomic E-state index is -3.67. The van der Waals surface area contributed by atoms with Crippen molar-refractivity contribution in [3.63, 3.8) is 0 Å². The van der Waals surface area contributed by atoms with Gasteiger partial charge in [-0.1, -0.05) is 48.6 Å². The van der Waals surface area contributed by atoms with Crippen LogP contribution in [0.25, 0.3) is 12.2 Å². The Morgan fingerprint density at radius 1 is 0.962 bits per heavy atom. The van der Waals surface area contributed by atoms with E-state index in [4.69, 9.17) is 32.6 Å². The molecule has 0 aliphatic rings. The number of amidine groups is 2. The van der Waals surface area contributed by atoms with Gasteiger partial charge in [-0.2, -0.15) is 8.42 Å². The molecule has 8 nitrogen and oxygen atoms in total. The molecule has 0 unspecified atom stereocenters. The second kappa shape index (κ2) is 8.79. The van der Waals surface area contributed by atoms with Crippen molar-refractivity contribution in [1.82, 2.24) is 0 Å². The highest BCUT2D eigenvalue weighted by molar-refractivity contribution is 7.85. The summed E-state index contributed by atoms with van der Waals surface area (Å²) < 4.78 is 25.9. The zero-order valence-corrected chi connectivity index (χ0v) is 14.9. The minimum Gasteiger partial charge on any atom is -0.398 e. The first-order chi connectivity index (χ1) is 12.0. The van der Waals surface area contributed by atoms with Gasteiger partial charge in [-0.3, -0.25) is 15.4 Å². The lowest BCUT2D eigenvalue weighted by molar-refractivity contribution is 0.490. The van der Waals surface area contributed by atoms with Crippen LogP contribution >= 0.6 is 0 Å². The first-order valence-corrected chi connectivity index (χ1v) is 9.11. The predicted octanol–water partition coefficient (Wildman–Crippen LogP) is 1.51. The van der Waals surface area contributed by atoms with Crippen molar-refractivity contribution in [2.45, 2.75) is 0 Å².